The molecule has 4 nitrogen and oxygen atoms in total. The number of hydrogen-bond donors (Lipinski definition) is 1. The second-order valence-corrected chi connectivity index (χ2v) is 7.14. The molecule has 0 radical (unpaired) electrons. The van der Waals surface area contributed by atoms with Crippen LogP contribution in [0.3, 0.4) is 0 Å². The molecule has 0 aliphatic carbocycles. The largest absolute Gasteiger partial charge is 0.304 e. The number of nitrogens with one attached hydrogen (secondary N) is 1. The van der Waals surface area contributed by atoms with Crippen LogP contribution in [0.25, 0.3) is 15.8 Å². The van der Waals surface area contributed by atoms with Gasteiger partial charge >= 0.3 is 0 Å². The standard InChI is InChI=1S/C20H20N4S/c1-14(16-10-17(12-21-11-16)24-9-5-8-22-24)23-15(2)19-13-25-20-7-4-3-6-18(19)20/h3-15,23H,1-2H3. The maximum atomic E-state index is 4.38. The smallest absolute Gasteiger partial charge is 0.0832 e. The van der Waals surface area contributed by atoms with Crippen molar-refractivity contribution >= 4 is 21.4 Å². The number of fused-ring (bicyclic) bond motifs is 1. The number of thiophene rings is 1. The van der Waals surface area contributed by atoms with Crippen molar-refractivity contribution in [3.63, 3.8) is 0 Å². The zero-order chi connectivity index (χ0) is 17.2. The quantitative estimate of drug-likeness (QED) is 0.558. The van der Waals surface area contributed by atoms with Crippen LogP contribution in [-0.2, 0) is 0 Å². The van der Waals surface area contributed by atoms with Crippen LogP contribution in [0.5, 0.6) is 0 Å². The van der Waals surface area contributed by atoms with Crippen molar-refractivity contribution in [2.45, 2.75) is 25.9 Å². The summed E-state index contributed by atoms with van der Waals surface area (Å²) in [6.45, 7) is 4.39. The Morgan fingerprint density at radius 3 is 2.80 bits per heavy atom. The average molecular weight is 348 g/mol. The minimum Gasteiger partial charge on any atom is -0.304 e. The summed E-state index contributed by atoms with van der Waals surface area (Å²) in [7, 11) is 0. The van der Waals surface area contributed by atoms with E-state index in [0.29, 0.717) is 0 Å². The molecule has 1 aromatic carbocycles. The molecule has 2 unspecified atom stereocenters. The molecule has 0 saturated carbocycles. The van der Waals surface area contributed by atoms with Crippen LogP contribution in [-0.4, -0.2) is 14.8 Å². The zero-order valence-electron chi connectivity index (χ0n) is 14.3. The number of nitrogens with zero attached hydrogens (tertiary/aromatic N) is 3. The second-order valence-electron chi connectivity index (χ2n) is 6.22. The SMILES string of the molecule is CC(NC(C)c1csc2ccccc12)c1cncc(-n2cccn2)c1. The van der Waals surface area contributed by atoms with E-state index in [9.17, 15) is 0 Å². The van der Waals surface area contributed by atoms with Crippen LogP contribution < -0.4 is 5.32 Å². The Hall–Kier alpha value is -2.50. The summed E-state index contributed by atoms with van der Waals surface area (Å²) in [6.07, 6.45) is 7.46. The fourth-order valence-electron chi connectivity index (χ4n) is 3.12. The highest BCUT2D eigenvalue weighted by Gasteiger charge is 2.15. The molecular weight excluding hydrogens is 328 g/mol. The summed E-state index contributed by atoms with van der Waals surface area (Å²) in [5.41, 5.74) is 3.48. The summed E-state index contributed by atoms with van der Waals surface area (Å²) < 4.78 is 3.17. The minimum atomic E-state index is 0.191. The van der Waals surface area contributed by atoms with Crippen molar-refractivity contribution in [2.75, 3.05) is 0 Å². The first-order valence-corrected chi connectivity index (χ1v) is 9.27. The van der Waals surface area contributed by atoms with Gasteiger partial charge in [-0.05, 0) is 53.9 Å². The van der Waals surface area contributed by atoms with Crippen molar-refractivity contribution in [3.8, 4) is 5.69 Å². The van der Waals surface area contributed by atoms with Crippen LogP contribution in [0.15, 0.2) is 66.6 Å². The van der Waals surface area contributed by atoms with E-state index < -0.39 is 0 Å². The molecule has 25 heavy (non-hydrogen) atoms. The van der Waals surface area contributed by atoms with E-state index in [1.165, 1.54) is 15.6 Å². The normalized spacial score (nSPS) is 13.8. The highest BCUT2D eigenvalue weighted by molar-refractivity contribution is 7.17. The highest BCUT2D eigenvalue weighted by atomic mass is 32.1. The molecule has 0 amide bonds. The minimum absolute atomic E-state index is 0.191. The van der Waals surface area contributed by atoms with E-state index in [2.05, 4.69) is 65.0 Å². The monoisotopic (exact) mass is 348 g/mol. The fourth-order valence-corrected chi connectivity index (χ4v) is 4.18. The van der Waals surface area contributed by atoms with Gasteiger partial charge in [0.25, 0.3) is 0 Å². The topological polar surface area (TPSA) is 42.7 Å². The van der Waals surface area contributed by atoms with E-state index in [1.54, 1.807) is 17.5 Å². The van der Waals surface area contributed by atoms with Crippen molar-refractivity contribution in [1.29, 1.82) is 0 Å². The van der Waals surface area contributed by atoms with Gasteiger partial charge in [-0.3, -0.25) is 4.98 Å². The molecule has 0 aliphatic heterocycles. The summed E-state index contributed by atoms with van der Waals surface area (Å²) >= 11 is 1.80. The van der Waals surface area contributed by atoms with Gasteiger partial charge in [-0.25, -0.2) is 4.68 Å². The number of benzene rings is 1. The van der Waals surface area contributed by atoms with Crippen LogP contribution in [0, 0.1) is 0 Å². The van der Waals surface area contributed by atoms with Gasteiger partial charge in [-0.1, -0.05) is 18.2 Å². The molecule has 0 fully saturated rings. The van der Waals surface area contributed by atoms with Crippen molar-refractivity contribution in [1.82, 2.24) is 20.1 Å². The third kappa shape index (κ3) is 3.21. The first-order chi connectivity index (χ1) is 12.2. The van der Waals surface area contributed by atoms with Gasteiger partial charge in [-0.15, -0.1) is 11.3 Å². The van der Waals surface area contributed by atoms with Crippen LogP contribution >= 0.6 is 11.3 Å². The lowest BCUT2D eigenvalue weighted by Crippen LogP contribution is -2.22. The Kier molecular flexibility index (Phi) is 4.34. The molecule has 0 saturated heterocycles. The first-order valence-electron chi connectivity index (χ1n) is 8.39. The van der Waals surface area contributed by atoms with Gasteiger partial charge in [0.05, 0.1) is 11.9 Å². The number of rotatable bonds is 5. The lowest BCUT2D eigenvalue weighted by atomic mass is 10.0. The predicted octanol–water partition coefficient (Wildman–Crippen LogP) is 4.89. The van der Waals surface area contributed by atoms with Crippen molar-refractivity contribution < 1.29 is 0 Å². The Bertz CT molecular complexity index is 974. The summed E-state index contributed by atoms with van der Waals surface area (Å²) in [6, 6.07) is 13.1. The lowest BCUT2D eigenvalue weighted by Gasteiger charge is -2.20. The van der Waals surface area contributed by atoms with Gasteiger partial charge in [0.2, 0.25) is 0 Å². The number of hydrogen-bond acceptors (Lipinski definition) is 4. The van der Waals surface area contributed by atoms with E-state index in [4.69, 9.17) is 0 Å². The van der Waals surface area contributed by atoms with Crippen LogP contribution in [0.4, 0.5) is 0 Å². The third-order valence-electron chi connectivity index (χ3n) is 4.49. The second kappa shape index (κ2) is 6.78. The first kappa shape index (κ1) is 16.0. The molecular formula is C20H20N4S. The molecule has 5 heteroatoms. The highest BCUT2D eigenvalue weighted by Crippen LogP contribution is 2.31. The van der Waals surface area contributed by atoms with Crippen molar-refractivity contribution in [3.05, 3.63) is 77.7 Å². The van der Waals surface area contributed by atoms with Crippen LogP contribution in [0.2, 0.25) is 0 Å². The molecule has 4 aromatic rings. The molecule has 4 rings (SSSR count). The third-order valence-corrected chi connectivity index (χ3v) is 5.47. The van der Waals surface area contributed by atoms with Gasteiger partial charge < -0.3 is 5.32 Å². The Morgan fingerprint density at radius 1 is 1.08 bits per heavy atom. The van der Waals surface area contributed by atoms with Crippen LogP contribution in [0.1, 0.15) is 37.1 Å². The predicted molar refractivity (Wildman–Crippen MR) is 103 cm³/mol. The lowest BCUT2D eigenvalue weighted by molar-refractivity contribution is 0.496. The van der Waals surface area contributed by atoms with Gasteiger partial charge in [0, 0.05) is 35.4 Å². The van der Waals surface area contributed by atoms with Gasteiger partial charge in [0.1, 0.15) is 0 Å². The number of aromatic nitrogens is 3. The molecule has 3 aromatic heterocycles. The Morgan fingerprint density at radius 2 is 1.96 bits per heavy atom. The van der Waals surface area contributed by atoms with Crippen molar-refractivity contribution in [2.24, 2.45) is 0 Å². The van der Waals surface area contributed by atoms with Gasteiger partial charge in [0.15, 0.2) is 0 Å². The molecule has 0 bridgehead atoms. The fraction of sp³-hybridized carbons (Fsp3) is 0.200. The summed E-state index contributed by atoms with van der Waals surface area (Å²) in [5.74, 6) is 0. The van der Waals surface area contributed by atoms with E-state index in [-0.39, 0.29) is 12.1 Å². The van der Waals surface area contributed by atoms with E-state index >= 15 is 0 Å². The van der Waals surface area contributed by atoms with E-state index in [0.717, 1.165) is 11.3 Å². The Labute approximate surface area is 151 Å². The Balaban J connectivity index is 1.55. The molecule has 126 valence electrons. The molecule has 1 N–H and O–H groups in total. The number of pyridine rings is 1. The molecule has 0 spiro atoms. The molecule has 3 heterocycles. The molecule has 2 atom stereocenters. The summed E-state index contributed by atoms with van der Waals surface area (Å²) in [4.78, 5) is 4.38. The summed E-state index contributed by atoms with van der Waals surface area (Å²) in [5, 5.41) is 11.6. The molecule has 0 aliphatic rings. The van der Waals surface area contributed by atoms with E-state index in [1.807, 2.05) is 29.3 Å². The maximum absolute atomic E-state index is 4.38. The van der Waals surface area contributed by atoms with Gasteiger partial charge in [-0.2, -0.15) is 5.10 Å². The average Bonchev–Trinajstić information content (AvgIpc) is 3.31. The zero-order valence-corrected chi connectivity index (χ0v) is 15.1. The maximum Gasteiger partial charge on any atom is 0.0832 e.